The summed E-state index contributed by atoms with van der Waals surface area (Å²) in [5, 5.41) is 0. The number of nitrogens with zero attached hydrogens (tertiary/aromatic N) is 1. The van der Waals surface area contributed by atoms with Crippen LogP contribution in [0.25, 0.3) is 0 Å². The largest absolute Gasteiger partial charge is 0.351 e. The van der Waals surface area contributed by atoms with Gasteiger partial charge in [0.2, 0.25) is 0 Å². The molecule has 2 rings (SSSR count). The van der Waals surface area contributed by atoms with Gasteiger partial charge in [-0.3, -0.25) is 0 Å². The number of ether oxygens (including phenoxy) is 1. The molecule has 0 amide bonds. The average Bonchev–Trinajstić information content (AvgIpc) is 2.29. The number of hydrogen-bond donors (Lipinski definition) is 0. The molecule has 1 aliphatic rings. The van der Waals surface area contributed by atoms with E-state index in [-0.39, 0.29) is 5.60 Å². The number of fused-ring (bicyclic) bond motifs is 1. The molecule has 94 valence electrons. The zero-order valence-corrected chi connectivity index (χ0v) is 11.5. The summed E-state index contributed by atoms with van der Waals surface area (Å²) < 4.78 is 6.25. The van der Waals surface area contributed by atoms with Crippen LogP contribution in [0.3, 0.4) is 0 Å². The van der Waals surface area contributed by atoms with Crippen LogP contribution in [0.1, 0.15) is 33.3 Å². The first kappa shape index (κ1) is 12.4. The number of benzene rings is 1. The Labute approximate surface area is 105 Å². The highest BCUT2D eigenvalue weighted by molar-refractivity contribution is 5.57. The molecule has 0 aliphatic carbocycles. The monoisotopic (exact) mass is 233 g/mol. The van der Waals surface area contributed by atoms with Crippen LogP contribution < -0.4 is 4.90 Å². The van der Waals surface area contributed by atoms with Crippen molar-refractivity contribution in [2.24, 2.45) is 11.8 Å². The van der Waals surface area contributed by atoms with E-state index in [0.717, 1.165) is 0 Å². The summed E-state index contributed by atoms with van der Waals surface area (Å²) in [6.45, 7) is 9.68. The van der Waals surface area contributed by atoms with Gasteiger partial charge in [0.1, 0.15) is 12.3 Å². The van der Waals surface area contributed by atoms with Gasteiger partial charge in [-0.2, -0.15) is 0 Å². The van der Waals surface area contributed by atoms with E-state index in [1.807, 2.05) is 0 Å². The molecular weight excluding hydrogens is 210 g/mol. The fourth-order valence-electron chi connectivity index (χ4n) is 3.11. The van der Waals surface area contributed by atoms with Crippen molar-refractivity contribution in [1.82, 2.24) is 0 Å². The molecule has 0 spiro atoms. The molecule has 2 heteroatoms. The Morgan fingerprint density at radius 3 is 2.29 bits per heavy atom. The fraction of sp³-hybridized carbons (Fsp3) is 0.600. The van der Waals surface area contributed by atoms with E-state index in [4.69, 9.17) is 4.74 Å². The van der Waals surface area contributed by atoms with Crippen molar-refractivity contribution in [3.8, 4) is 0 Å². The third kappa shape index (κ3) is 1.75. The Morgan fingerprint density at radius 1 is 1.12 bits per heavy atom. The maximum Gasteiger partial charge on any atom is 0.119 e. The van der Waals surface area contributed by atoms with Crippen LogP contribution in [0.4, 0.5) is 5.69 Å². The SMILES string of the molecule is CC(C)C1(C(C)C)OCN(C)c2ccccc21. The van der Waals surface area contributed by atoms with Gasteiger partial charge < -0.3 is 9.64 Å². The van der Waals surface area contributed by atoms with Crippen molar-refractivity contribution < 1.29 is 4.74 Å². The number of anilines is 1. The lowest BCUT2D eigenvalue weighted by Gasteiger charge is -2.48. The van der Waals surface area contributed by atoms with Crippen molar-refractivity contribution in [2.45, 2.75) is 33.3 Å². The van der Waals surface area contributed by atoms with E-state index >= 15 is 0 Å². The minimum absolute atomic E-state index is 0.150. The molecule has 0 aromatic heterocycles. The molecule has 1 aromatic carbocycles. The van der Waals surface area contributed by atoms with Crippen molar-refractivity contribution in [3.05, 3.63) is 29.8 Å². The molecule has 0 atom stereocenters. The second-order valence-corrected chi connectivity index (χ2v) is 5.59. The van der Waals surface area contributed by atoms with E-state index < -0.39 is 0 Å². The highest BCUT2D eigenvalue weighted by Crippen LogP contribution is 2.47. The lowest BCUT2D eigenvalue weighted by Crippen LogP contribution is -2.48. The fourth-order valence-corrected chi connectivity index (χ4v) is 3.11. The van der Waals surface area contributed by atoms with Gasteiger partial charge in [0, 0.05) is 18.3 Å². The maximum absolute atomic E-state index is 6.25. The Hall–Kier alpha value is -1.02. The summed E-state index contributed by atoms with van der Waals surface area (Å²) in [4.78, 5) is 2.18. The van der Waals surface area contributed by atoms with Crippen molar-refractivity contribution >= 4 is 5.69 Å². The first-order valence-electron chi connectivity index (χ1n) is 6.44. The average molecular weight is 233 g/mol. The van der Waals surface area contributed by atoms with Crippen LogP contribution in [0.2, 0.25) is 0 Å². The first-order valence-corrected chi connectivity index (χ1v) is 6.44. The van der Waals surface area contributed by atoms with Gasteiger partial charge >= 0.3 is 0 Å². The Balaban J connectivity index is 2.61. The molecule has 2 nitrogen and oxygen atoms in total. The topological polar surface area (TPSA) is 12.5 Å². The molecule has 0 N–H and O–H groups in total. The van der Waals surface area contributed by atoms with E-state index in [1.165, 1.54) is 11.3 Å². The second kappa shape index (κ2) is 4.34. The van der Waals surface area contributed by atoms with E-state index in [0.29, 0.717) is 18.6 Å². The Bertz CT molecular complexity index is 390. The second-order valence-electron chi connectivity index (χ2n) is 5.59. The van der Waals surface area contributed by atoms with Crippen molar-refractivity contribution in [2.75, 3.05) is 18.7 Å². The van der Waals surface area contributed by atoms with Gasteiger partial charge in [-0.1, -0.05) is 45.9 Å². The summed E-state index contributed by atoms with van der Waals surface area (Å²) in [5.74, 6) is 0.940. The minimum atomic E-state index is -0.150. The standard InChI is InChI=1S/C15H23NO/c1-11(2)15(12(3)4)13-8-6-7-9-14(13)16(5)10-17-15/h6-9,11-12H,10H2,1-5H3. The van der Waals surface area contributed by atoms with Crippen LogP contribution in [-0.2, 0) is 10.3 Å². The maximum atomic E-state index is 6.25. The van der Waals surface area contributed by atoms with Crippen molar-refractivity contribution in [3.63, 3.8) is 0 Å². The molecule has 0 saturated carbocycles. The lowest BCUT2D eigenvalue weighted by molar-refractivity contribution is -0.123. The molecular formula is C15H23NO. The predicted molar refractivity (Wildman–Crippen MR) is 72.2 cm³/mol. The zero-order chi connectivity index (χ0) is 12.6. The molecule has 1 heterocycles. The summed E-state index contributed by atoms with van der Waals surface area (Å²) in [7, 11) is 2.09. The third-order valence-electron chi connectivity index (χ3n) is 3.95. The predicted octanol–water partition coefficient (Wildman–Crippen LogP) is 3.62. The highest BCUT2D eigenvalue weighted by Gasteiger charge is 2.44. The smallest absolute Gasteiger partial charge is 0.119 e. The first-order chi connectivity index (χ1) is 8.00. The summed E-state index contributed by atoms with van der Waals surface area (Å²) >= 11 is 0. The van der Waals surface area contributed by atoms with Gasteiger partial charge in [-0.25, -0.2) is 0 Å². The molecule has 0 unspecified atom stereocenters. The molecule has 0 radical (unpaired) electrons. The zero-order valence-electron chi connectivity index (χ0n) is 11.5. The van der Waals surface area contributed by atoms with Gasteiger partial charge in [0.15, 0.2) is 0 Å². The Kier molecular flexibility index (Phi) is 3.17. The molecule has 17 heavy (non-hydrogen) atoms. The third-order valence-corrected chi connectivity index (χ3v) is 3.95. The van der Waals surface area contributed by atoms with Crippen LogP contribution in [0.15, 0.2) is 24.3 Å². The van der Waals surface area contributed by atoms with E-state index in [1.54, 1.807) is 0 Å². The van der Waals surface area contributed by atoms with E-state index in [2.05, 4.69) is 63.9 Å². The van der Waals surface area contributed by atoms with Crippen LogP contribution in [0, 0.1) is 11.8 Å². The van der Waals surface area contributed by atoms with Crippen LogP contribution in [0.5, 0.6) is 0 Å². The van der Waals surface area contributed by atoms with Crippen LogP contribution >= 0.6 is 0 Å². The van der Waals surface area contributed by atoms with Crippen molar-refractivity contribution in [1.29, 1.82) is 0 Å². The minimum Gasteiger partial charge on any atom is -0.351 e. The number of hydrogen-bond acceptors (Lipinski definition) is 2. The summed E-state index contributed by atoms with van der Waals surface area (Å²) in [5.41, 5.74) is 2.49. The number of rotatable bonds is 2. The Morgan fingerprint density at radius 2 is 1.71 bits per heavy atom. The van der Waals surface area contributed by atoms with Gasteiger partial charge in [-0.15, -0.1) is 0 Å². The summed E-state index contributed by atoms with van der Waals surface area (Å²) in [6, 6.07) is 8.62. The molecule has 1 aromatic rings. The van der Waals surface area contributed by atoms with Gasteiger partial charge in [-0.05, 0) is 17.9 Å². The van der Waals surface area contributed by atoms with Gasteiger partial charge in [0.25, 0.3) is 0 Å². The summed E-state index contributed by atoms with van der Waals surface area (Å²) in [6.07, 6.45) is 0. The molecule has 0 bridgehead atoms. The highest BCUT2D eigenvalue weighted by atomic mass is 16.5. The molecule has 1 aliphatic heterocycles. The molecule has 0 saturated heterocycles. The normalized spacial score (nSPS) is 18.6. The quantitative estimate of drug-likeness (QED) is 0.773. The number of para-hydroxylation sites is 1. The van der Waals surface area contributed by atoms with Crippen LogP contribution in [-0.4, -0.2) is 13.8 Å². The molecule has 0 fully saturated rings. The lowest BCUT2D eigenvalue weighted by atomic mass is 9.73. The van der Waals surface area contributed by atoms with Gasteiger partial charge in [0.05, 0.1) is 0 Å². The van der Waals surface area contributed by atoms with E-state index in [9.17, 15) is 0 Å².